The summed E-state index contributed by atoms with van der Waals surface area (Å²) in [6.45, 7) is 2.05. The van der Waals surface area contributed by atoms with Crippen LogP contribution in [0.15, 0.2) is 16.6 Å². The summed E-state index contributed by atoms with van der Waals surface area (Å²) in [5, 5.41) is 0. The van der Waals surface area contributed by atoms with Crippen molar-refractivity contribution in [3.05, 3.63) is 17.8 Å². The van der Waals surface area contributed by atoms with Crippen molar-refractivity contribution in [2.45, 2.75) is 11.3 Å². The zero-order valence-corrected chi connectivity index (χ0v) is 8.50. The molecule has 0 spiro atoms. The molecule has 2 aromatic heterocycles. The quantitative estimate of drug-likeness (QED) is 0.656. The molecule has 0 radical (unpaired) electrons. The molecule has 0 aliphatic rings. The van der Waals surface area contributed by atoms with Gasteiger partial charge in [-0.1, -0.05) is 11.8 Å². The predicted octanol–water partition coefficient (Wildman–Crippen LogP) is 2.72. The van der Waals surface area contributed by atoms with Gasteiger partial charge in [0.2, 0.25) is 0 Å². The molecule has 0 atom stereocenters. The Kier molecular flexibility index (Phi) is 2.02. The molecule has 12 heavy (non-hydrogen) atoms. The van der Waals surface area contributed by atoms with Crippen molar-refractivity contribution in [1.82, 2.24) is 9.97 Å². The van der Waals surface area contributed by atoms with Crippen molar-refractivity contribution >= 4 is 33.4 Å². The number of hydrogen-bond acceptors (Lipinski definition) is 4. The van der Waals surface area contributed by atoms with E-state index in [0.29, 0.717) is 0 Å². The van der Waals surface area contributed by atoms with Crippen LogP contribution in [0.1, 0.15) is 5.56 Å². The van der Waals surface area contributed by atoms with Crippen molar-refractivity contribution in [2.75, 3.05) is 6.26 Å². The lowest BCUT2D eigenvalue weighted by molar-refractivity contribution is 1.22. The highest BCUT2D eigenvalue weighted by Gasteiger charge is 2.02. The molecule has 0 amide bonds. The van der Waals surface area contributed by atoms with Crippen LogP contribution >= 0.6 is 23.1 Å². The summed E-state index contributed by atoms with van der Waals surface area (Å²) in [5.74, 6) is 0. The molecule has 2 rings (SSSR count). The van der Waals surface area contributed by atoms with Gasteiger partial charge in [-0.05, 0) is 24.8 Å². The number of aryl methyl sites for hydroxylation is 1. The molecule has 0 aromatic carbocycles. The third kappa shape index (κ3) is 1.32. The molecule has 0 unspecified atom stereocenters. The highest BCUT2D eigenvalue weighted by molar-refractivity contribution is 8.00. The number of rotatable bonds is 1. The lowest BCUT2D eigenvalue weighted by Crippen LogP contribution is -1.77. The normalized spacial score (nSPS) is 10.8. The fraction of sp³-hybridized carbons (Fsp3) is 0.250. The SMILES string of the molecule is CSc1nc2ncc(C)cc2s1. The number of thiazole rings is 1. The summed E-state index contributed by atoms with van der Waals surface area (Å²) in [4.78, 5) is 8.58. The first-order chi connectivity index (χ1) is 5.79. The molecule has 0 N–H and O–H groups in total. The monoisotopic (exact) mass is 196 g/mol. The molecule has 0 aliphatic heterocycles. The van der Waals surface area contributed by atoms with Gasteiger partial charge >= 0.3 is 0 Å². The summed E-state index contributed by atoms with van der Waals surface area (Å²) in [6.07, 6.45) is 3.89. The fourth-order valence-corrected chi connectivity index (χ4v) is 2.52. The second-order valence-corrected chi connectivity index (χ2v) is 4.60. The number of nitrogens with zero attached hydrogens (tertiary/aromatic N) is 2. The second-order valence-electron chi connectivity index (χ2n) is 2.52. The lowest BCUT2D eigenvalue weighted by Gasteiger charge is -1.87. The molecule has 2 heterocycles. The van der Waals surface area contributed by atoms with Crippen molar-refractivity contribution in [3.63, 3.8) is 0 Å². The molecule has 2 aromatic rings. The predicted molar refractivity (Wildman–Crippen MR) is 53.9 cm³/mol. The minimum absolute atomic E-state index is 0.870. The first-order valence-electron chi connectivity index (χ1n) is 3.57. The van der Waals surface area contributed by atoms with Gasteiger partial charge in [-0.3, -0.25) is 0 Å². The maximum absolute atomic E-state index is 4.34. The van der Waals surface area contributed by atoms with E-state index in [1.54, 1.807) is 23.1 Å². The number of fused-ring (bicyclic) bond motifs is 1. The molecular weight excluding hydrogens is 188 g/mol. The first-order valence-corrected chi connectivity index (χ1v) is 5.61. The molecule has 2 nitrogen and oxygen atoms in total. The van der Waals surface area contributed by atoms with Crippen LogP contribution in [-0.2, 0) is 0 Å². The van der Waals surface area contributed by atoms with Gasteiger partial charge in [0.1, 0.15) is 0 Å². The van der Waals surface area contributed by atoms with Crippen LogP contribution in [0.3, 0.4) is 0 Å². The van der Waals surface area contributed by atoms with E-state index in [-0.39, 0.29) is 0 Å². The third-order valence-electron chi connectivity index (χ3n) is 1.54. The van der Waals surface area contributed by atoms with Gasteiger partial charge in [0, 0.05) is 6.20 Å². The van der Waals surface area contributed by atoms with Crippen LogP contribution in [0.4, 0.5) is 0 Å². The van der Waals surface area contributed by atoms with Gasteiger partial charge in [0.15, 0.2) is 9.99 Å². The van der Waals surface area contributed by atoms with Gasteiger partial charge in [0.25, 0.3) is 0 Å². The summed E-state index contributed by atoms with van der Waals surface area (Å²) < 4.78 is 2.27. The molecule has 4 heteroatoms. The van der Waals surface area contributed by atoms with Crippen LogP contribution in [0.25, 0.3) is 10.3 Å². The standard InChI is InChI=1S/C8H8N2S2/c1-5-3-6-7(9-4-5)10-8(11-2)12-6/h3-4H,1-2H3. The van der Waals surface area contributed by atoms with E-state index in [4.69, 9.17) is 0 Å². The zero-order valence-electron chi connectivity index (χ0n) is 6.87. The van der Waals surface area contributed by atoms with Gasteiger partial charge in [-0.25, -0.2) is 9.97 Å². The Morgan fingerprint density at radius 3 is 3.08 bits per heavy atom. The van der Waals surface area contributed by atoms with Crippen molar-refractivity contribution in [1.29, 1.82) is 0 Å². The van der Waals surface area contributed by atoms with E-state index >= 15 is 0 Å². The molecule has 62 valence electrons. The highest BCUT2D eigenvalue weighted by atomic mass is 32.2. The Morgan fingerprint density at radius 2 is 2.33 bits per heavy atom. The average Bonchev–Trinajstić information content (AvgIpc) is 2.46. The summed E-state index contributed by atoms with van der Waals surface area (Å²) in [5.41, 5.74) is 2.06. The Hall–Kier alpha value is -0.610. The maximum Gasteiger partial charge on any atom is 0.171 e. The second kappa shape index (κ2) is 3.03. The molecule has 0 aliphatic carbocycles. The van der Waals surface area contributed by atoms with Gasteiger partial charge in [-0.15, -0.1) is 11.3 Å². The zero-order chi connectivity index (χ0) is 8.55. The third-order valence-corrected chi connectivity index (χ3v) is 3.52. The van der Waals surface area contributed by atoms with Crippen LogP contribution < -0.4 is 0 Å². The lowest BCUT2D eigenvalue weighted by atomic mass is 10.3. The van der Waals surface area contributed by atoms with Crippen LogP contribution in [0.2, 0.25) is 0 Å². The minimum atomic E-state index is 0.870. The number of thioether (sulfide) groups is 1. The molecular formula is C8H8N2S2. The highest BCUT2D eigenvalue weighted by Crippen LogP contribution is 2.26. The van der Waals surface area contributed by atoms with Gasteiger partial charge < -0.3 is 0 Å². The van der Waals surface area contributed by atoms with Crippen LogP contribution in [0.5, 0.6) is 0 Å². The summed E-state index contributed by atoms with van der Waals surface area (Å²) >= 11 is 3.37. The topological polar surface area (TPSA) is 25.8 Å². The fourth-order valence-electron chi connectivity index (χ4n) is 0.985. The molecule has 0 bridgehead atoms. The number of aromatic nitrogens is 2. The van der Waals surface area contributed by atoms with E-state index in [1.807, 2.05) is 19.4 Å². The van der Waals surface area contributed by atoms with Crippen molar-refractivity contribution in [2.24, 2.45) is 0 Å². The van der Waals surface area contributed by atoms with Crippen LogP contribution in [-0.4, -0.2) is 16.2 Å². The van der Waals surface area contributed by atoms with E-state index in [2.05, 4.69) is 16.0 Å². The minimum Gasteiger partial charge on any atom is -0.236 e. The first kappa shape index (κ1) is 8.01. The van der Waals surface area contributed by atoms with E-state index in [0.717, 1.165) is 9.99 Å². The smallest absolute Gasteiger partial charge is 0.171 e. The Bertz CT molecular complexity index is 408. The Labute approximate surface area is 79.0 Å². The summed E-state index contributed by atoms with van der Waals surface area (Å²) in [7, 11) is 0. The van der Waals surface area contributed by atoms with Gasteiger partial charge in [-0.2, -0.15) is 0 Å². The summed E-state index contributed by atoms with van der Waals surface area (Å²) in [6, 6.07) is 2.12. The average molecular weight is 196 g/mol. The van der Waals surface area contributed by atoms with Crippen LogP contribution in [0, 0.1) is 6.92 Å². The van der Waals surface area contributed by atoms with E-state index in [9.17, 15) is 0 Å². The maximum atomic E-state index is 4.34. The van der Waals surface area contributed by atoms with Gasteiger partial charge in [0.05, 0.1) is 4.70 Å². The molecule has 0 saturated carbocycles. The van der Waals surface area contributed by atoms with E-state index in [1.165, 1.54) is 10.3 Å². The van der Waals surface area contributed by atoms with Crippen molar-refractivity contribution in [3.8, 4) is 0 Å². The number of hydrogen-bond donors (Lipinski definition) is 0. The molecule has 0 saturated heterocycles. The number of pyridine rings is 1. The molecule has 0 fully saturated rings. The largest absolute Gasteiger partial charge is 0.236 e. The van der Waals surface area contributed by atoms with E-state index < -0.39 is 0 Å². The Morgan fingerprint density at radius 1 is 1.50 bits per heavy atom. The van der Waals surface area contributed by atoms with Crippen molar-refractivity contribution < 1.29 is 0 Å². The Balaban J connectivity index is 2.67.